The number of alkyl halides is 2. The lowest BCUT2D eigenvalue weighted by Gasteiger charge is -2.35. The zero-order chi connectivity index (χ0) is 44.1. The molecule has 63 heavy (non-hydrogen) atoms. The summed E-state index contributed by atoms with van der Waals surface area (Å²) in [7, 11) is 2.52. The van der Waals surface area contributed by atoms with E-state index >= 15 is 8.78 Å². The molecule has 2 saturated heterocycles. The number of aromatic amines is 2. The van der Waals surface area contributed by atoms with Gasteiger partial charge in [-0.05, 0) is 109 Å². The van der Waals surface area contributed by atoms with Crippen LogP contribution in [0.15, 0.2) is 60.8 Å². The molecule has 3 aromatic carbocycles. The second-order valence-corrected chi connectivity index (χ2v) is 18.4. The number of benzene rings is 3. The number of hydrogen-bond donors (Lipinski definition) is 4. The Bertz CT molecular complexity index is 2690. The summed E-state index contributed by atoms with van der Waals surface area (Å²) in [6.45, 7) is 5.95. The van der Waals surface area contributed by atoms with E-state index in [1.165, 1.54) is 20.3 Å². The van der Waals surface area contributed by atoms with Crippen LogP contribution in [0.1, 0.15) is 94.2 Å². The Morgan fingerprint density at radius 3 is 2.19 bits per heavy atom. The maximum Gasteiger partial charge on any atom is 0.407 e. The van der Waals surface area contributed by atoms with E-state index in [0.717, 1.165) is 49.6 Å². The molecule has 5 aromatic rings. The minimum atomic E-state index is -3.28. The van der Waals surface area contributed by atoms with Crippen molar-refractivity contribution in [2.24, 2.45) is 17.3 Å². The van der Waals surface area contributed by atoms with Crippen LogP contribution in [0.5, 0.6) is 0 Å². The van der Waals surface area contributed by atoms with Gasteiger partial charge >= 0.3 is 12.2 Å². The van der Waals surface area contributed by atoms with Crippen molar-refractivity contribution in [2.75, 3.05) is 20.8 Å². The number of imidazole rings is 2. The Morgan fingerprint density at radius 1 is 0.825 bits per heavy atom. The number of ether oxygens (including phenoxy) is 2. The molecular weight excluding hydrogens is 811 g/mol. The number of nitrogens with one attached hydrogen (secondary N) is 4. The first kappa shape index (κ1) is 40.7. The van der Waals surface area contributed by atoms with Gasteiger partial charge in [0.05, 0.1) is 49.2 Å². The van der Waals surface area contributed by atoms with Crippen LogP contribution in [0.25, 0.3) is 44.5 Å². The zero-order valence-corrected chi connectivity index (χ0v) is 35.8. The molecule has 16 heteroatoms. The zero-order valence-electron chi connectivity index (χ0n) is 35.8. The monoisotopic (exact) mass is 860 g/mol. The number of H-pyrrole nitrogens is 2. The molecule has 1 unspecified atom stereocenters. The van der Waals surface area contributed by atoms with E-state index in [0.29, 0.717) is 51.7 Å². The van der Waals surface area contributed by atoms with Crippen LogP contribution in [0.4, 0.5) is 18.4 Å². The predicted molar refractivity (Wildman–Crippen MR) is 228 cm³/mol. The van der Waals surface area contributed by atoms with E-state index < -0.39 is 30.2 Å². The van der Waals surface area contributed by atoms with Crippen LogP contribution >= 0.6 is 0 Å². The van der Waals surface area contributed by atoms with Crippen molar-refractivity contribution >= 4 is 35.0 Å². The lowest BCUT2D eigenvalue weighted by Crippen LogP contribution is -2.51. The highest BCUT2D eigenvalue weighted by atomic mass is 19.3. The number of carbonyl (C=O) groups excluding carboxylic acids is 4. The fourth-order valence-electron chi connectivity index (χ4n) is 10.7. The fourth-order valence-corrected chi connectivity index (χ4v) is 10.7. The number of aromatic nitrogens is 4. The SMILES string of the molecule is COC(=O)N[C@@H](C)C(=O)N1C2CC[C@@H](C2)[C@H]1c1nc2ccc(-c3ccc4c(c3)C(F)(F)c3cc(-c5cnc([C@@H]6CC7(CC7)CN6C(=O)[C@@H](NC(=O)OC)C(C)C)[nH]5)ccc3-4)cc2[nH]1. The molecule has 2 saturated carbocycles. The van der Waals surface area contributed by atoms with E-state index in [1.807, 2.05) is 49.1 Å². The molecule has 1 spiro atoms. The number of fused-ring (bicyclic) bond motifs is 6. The Labute approximate surface area is 362 Å². The first-order chi connectivity index (χ1) is 30.2. The Morgan fingerprint density at radius 2 is 1.49 bits per heavy atom. The molecule has 4 amide bonds. The molecule has 6 atom stereocenters. The maximum atomic E-state index is 16.6. The van der Waals surface area contributed by atoms with E-state index in [4.69, 9.17) is 19.4 Å². The normalized spacial score (nSPS) is 23.2. The van der Waals surface area contributed by atoms with Gasteiger partial charge in [0.2, 0.25) is 11.8 Å². The number of methoxy groups -OCH3 is 2. The van der Waals surface area contributed by atoms with Crippen LogP contribution in [-0.2, 0) is 25.0 Å². The molecule has 14 nitrogen and oxygen atoms in total. The van der Waals surface area contributed by atoms with E-state index in [-0.39, 0.29) is 58.3 Å². The van der Waals surface area contributed by atoms with Crippen LogP contribution in [0.2, 0.25) is 0 Å². The van der Waals surface area contributed by atoms with Crippen LogP contribution in [0, 0.1) is 17.3 Å². The molecule has 2 aromatic heterocycles. The highest BCUT2D eigenvalue weighted by Crippen LogP contribution is 2.59. The standard InChI is InChI=1S/C47H50F2N8O6/c1-23(2)38(55-45(61)63-5)43(59)56-22-46(14-15-46)20-37(56)40-50-21-36(54-40)27-8-12-31-30-11-7-25(17-32(30)47(48,49)33(31)18-27)26-9-13-34-35(19-26)53-41(52-34)39-28-6-10-29(16-28)57(39)42(58)24(3)51-44(60)62-4/h7-9,11-13,17-19,21,23-24,28-29,37-39H,6,10,14-16,20,22H2,1-5H3,(H,50,54)(H,51,60)(H,52,53)(H,55,61)/t24-,28-,29?,37-,38-,39-/m0/s1. The van der Waals surface area contributed by atoms with Crippen molar-refractivity contribution in [3.05, 3.63) is 83.6 Å². The molecule has 4 fully saturated rings. The number of hydrogen-bond acceptors (Lipinski definition) is 8. The van der Waals surface area contributed by atoms with Crippen molar-refractivity contribution in [1.82, 2.24) is 40.4 Å². The third-order valence-electron chi connectivity index (χ3n) is 14.2. The molecule has 3 aliphatic carbocycles. The first-order valence-electron chi connectivity index (χ1n) is 21.7. The van der Waals surface area contributed by atoms with Crippen molar-refractivity contribution in [1.29, 1.82) is 0 Å². The molecule has 328 valence electrons. The topological polar surface area (TPSA) is 175 Å². The number of likely N-dealkylation sites (tertiary alicyclic amines) is 2. The highest BCUT2D eigenvalue weighted by Gasteiger charge is 2.55. The summed E-state index contributed by atoms with van der Waals surface area (Å²) in [4.78, 5) is 71.7. The largest absolute Gasteiger partial charge is 0.453 e. The number of carbonyl (C=O) groups is 4. The van der Waals surface area contributed by atoms with E-state index in [1.54, 1.807) is 36.2 Å². The van der Waals surface area contributed by atoms with Crippen LogP contribution in [0.3, 0.4) is 0 Å². The van der Waals surface area contributed by atoms with Gasteiger partial charge in [-0.2, -0.15) is 8.78 Å². The van der Waals surface area contributed by atoms with E-state index in [2.05, 4.69) is 20.6 Å². The summed E-state index contributed by atoms with van der Waals surface area (Å²) in [5, 5.41) is 5.29. The van der Waals surface area contributed by atoms with Crippen molar-refractivity contribution < 1.29 is 37.4 Å². The molecular formula is C47H50F2N8O6. The molecule has 5 aliphatic rings. The van der Waals surface area contributed by atoms with Crippen LogP contribution < -0.4 is 10.6 Å². The number of nitrogens with zero attached hydrogens (tertiary/aromatic N) is 4. The van der Waals surface area contributed by atoms with Gasteiger partial charge in [0.15, 0.2) is 0 Å². The summed E-state index contributed by atoms with van der Waals surface area (Å²) in [5.41, 5.74) is 4.67. The quantitative estimate of drug-likeness (QED) is 0.115. The molecule has 4 heterocycles. The van der Waals surface area contributed by atoms with Gasteiger partial charge in [-0.3, -0.25) is 9.59 Å². The highest BCUT2D eigenvalue weighted by molar-refractivity contribution is 5.89. The van der Waals surface area contributed by atoms with Gasteiger partial charge < -0.3 is 39.9 Å². The minimum Gasteiger partial charge on any atom is -0.453 e. The second-order valence-electron chi connectivity index (χ2n) is 18.4. The van der Waals surface area contributed by atoms with Crippen LogP contribution in [-0.4, -0.2) is 92.6 Å². The summed E-state index contributed by atoms with van der Waals surface area (Å²) in [6.07, 6.45) is 5.74. The van der Waals surface area contributed by atoms with E-state index in [9.17, 15) is 19.2 Å². The lowest BCUT2D eigenvalue weighted by atomic mass is 9.97. The second kappa shape index (κ2) is 14.9. The average molecular weight is 861 g/mol. The number of alkyl carbamates (subject to hydrolysis) is 2. The van der Waals surface area contributed by atoms with Gasteiger partial charge in [-0.15, -0.1) is 0 Å². The maximum absolute atomic E-state index is 16.6. The molecule has 0 radical (unpaired) electrons. The third kappa shape index (κ3) is 6.79. The molecule has 2 bridgehead atoms. The van der Waals surface area contributed by atoms with Gasteiger partial charge in [-0.25, -0.2) is 19.6 Å². The van der Waals surface area contributed by atoms with Crippen molar-refractivity contribution in [2.45, 2.75) is 95.4 Å². The smallest absolute Gasteiger partial charge is 0.407 e. The predicted octanol–water partition coefficient (Wildman–Crippen LogP) is 7.97. The van der Waals surface area contributed by atoms with Crippen molar-refractivity contribution in [3.63, 3.8) is 0 Å². The molecule has 4 N–H and O–H groups in total. The number of piperidine rings is 1. The number of amides is 4. The number of rotatable bonds is 9. The summed E-state index contributed by atoms with van der Waals surface area (Å²) in [6, 6.07) is 13.8. The number of halogens is 2. The molecule has 10 rings (SSSR count). The third-order valence-corrected chi connectivity index (χ3v) is 14.2. The Hall–Kier alpha value is -6.32. The molecule has 2 aliphatic heterocycles. The van der Waals surface area contributed by atoms with Crippen molar-refractivity contribution in [3.8, 4) is 33.5 Å². The Balaban J connectivity index is 0.894. The summed E-state index contributed by atoms with van der Waals surface area (Å²) in [5.74, 6) is -2.39. The van der Waals surface area contributed by atoms with Gasteiger partial charge in [0, 0.05) is 29.3 Å². The first-order valence-corrected chi connectivity index (χ1v) is 21.7. The Kier molecular flexibility index (Phi) is 9.64. The summed E-state index contributed by atoms with van der Waals surface area (Å²) >= 11 is 0. The average Bonchev–Trinajstić information content (AvgIpc) is 3.93. The van der Waals surface area contributed by atoms with Gasteiger partial charge in [0.1, 0.15) is 23.7 Å². The lowest BCUT2D eigenvalue weighted by molar-refractivity contribution is -0.138. The van der Waals surface area contributed by atoms with Gasteiger partial charge in [0.25, 0.3) is 5.92 Å². The summed E-state index contributed by atoms with van der Waals surface area (Å²) < 4.78 is 42.8. The minimum absolute atomic E-state index is 0.0115. The fraction of sp³-hybridized carbons (Fsp3) is 0.447. The van der Waals surface area contributed by atoms with Gasteiger partial charge in [-0.1, -0.05) is 44.2 Å².